The fraction of sp³-hybridized carbons (Fsp3) is 0.393. The first-order chi connectivity index (χ1) is 16.9. The van der Waals surface area contributed by atoms with Gasteiger partial charge in [0.15, 0.2) is 0 Å². The molecule has 1 fully saturated rings. The first-order valence-corrected chi connectivity index (χ1v) is 12.2. The zero-order valence-corrected chi connectivity index (χ0v) is 20.0. The number of carboxylic acids is 1. The van der Waals surface area contributed by atoms with E-state index in [0.29, 0.717) is 18.0 Å². The van der Waals surface area contributed by atoms with E-state index in [9.17, 15) is 14.4 Å². The van der Waals surface area contributed by atoms with Crippen molar-refractivity contribution < 1.29 is 24.2 Å². The number of rotatable bonds is 9. The van der Waals surface area contributed by atoms with E-state index in [2.05, 4.69) is 34.9 Å². The molecule has 7 nitrogen and oxygen atoms in total. The predicted molar refractivity (Wildman–Crippen MR) is 133 cm³/mol. The molecule has 2 aliphatic carbocycles. The maximum absolute atomic E-state index is 12.4. The number of carboxylic acid groups (broad SMARTS) is 1. The summed E-state index contributed by atoms with van der Waals surface area (Å²) in [6, 6.07) is 16.4. The van der Waals surface area contributed by atoms with Crippen LogP contribution in [-0.4, -0.2) is 42.8 Å². The van der Waals surface area contributed by atoms with Crippen molar-refractivity contribution in [2.45, 2.75) is 38.5 Å². The zero-order valence-electron chi connectivity index (χ0n) is 20.0. The molecule has 2 aromatic rings. The van der Waals surface area contributed by atoms with Gasteiger partial charge < -0.3 is 20.5 Å². The lowest BCUT2D eigenvalue weighted by Gasteiger charge is -2.14. The molecule has 4 rings (SSSR count). The summed E-state index contributed by atoms with van der Waals surface area (Å²) in [6.07, 6.45) is 4.00. The number of hydrogen-bond donors (Lipinski definition) is 3. The van der Waals surface area contributed by atoms with E-state index < -0.39 is 12.1 Å². The molecule has 0 bridgehead atoms. The van der Waals surface area contributed by atoms with Crippen LogP contribution < -0.4 is 10.6 Å². The van der Waals surface area contributed by atoms with Crippen LogP contribution in [0.1, 0.15) is 49.7 Å². The summed E-state index contributed by atoms with van der Waals surface area (Å²) in [7, 11) is 0. The number of amides is 2. The quantitative estimate of drug-likeness (QED) is 0.463. The fourth-order valence-corrected chi connectivity index (χ4v) is 5.20. The largest absolute Gasteiger partial charge is 0.481 e. The summed E-state index contributed by atoms with van der Waals surface area (Å²) in [5.41, 5.74) is 5.19. The number of hydrogen-bond acceptors (Lipinski definition) is 4. The van der Waals surface area contributed by atoms with Gasteiger partial charge in [-0.25, -0.2) is 4.79 Å². The van der Waals surface area contributed by atoms with Crippen molar-refractivity contribution in [3.63, 3.8) is 0 Å². The average molecular weight is 477 g/mol. The number of ether oxygens (including phenoxy) is 1. The minimum absolute atomic E-state index is 0.00175. The molecule has 0 radical (unpaired) electrons. The van der Waals surface area contributed by atoms with Crippen LogP contribution in [0, 0.1) is 11.8 Å². The maximum Gasteiger partial charge on any atom is 0.407 e. The van der Waals surface area contributed by atoms with Gasteiger partial charge in [-0.15, -0.1) is 0 Å². The fourth-order valence-electron chi connectivity index (χ4n) is 5.20. The number of alkyl carbamates (subject to hydrolysis) is 1. The van der Waals surface area contributed by atoms with E-state index in [1.54, 1.807) is 13.0 Å². The smallest absolute Gasteiger partial charge is 0.407 e. The second kappa shape index (κ2) is 11.2. The highest BCUT2D eigenvalue weighted by atomic mass is 16.5. The number of carbonyl (C=O) groups excluding carboxylic acids is 2. The highest BCUT2D eigenvalue weighted by Crippen LogP contribution is 2.44. The average Bonchev–Trinajstić information content (AvgIpc) is 3.42. The minimum Gasteiger partial charge on any atom is -0.481 e. The molecule has 0 saturated heterocycles. The molecule has 35 heavy (non-hydrogen) atoms. The summed E-state index contributed by atoms with van der Waals surface area (Å²) in [5, 5.41) is 14.5. The van der Waals surface area contributed by atoms with Gasteiger partial charge in [-0.05, 0) is 60.3 Å². The van der Waals surface area contributed by atoms with Crippen LogP contribution in [0.25, 0.3) is 11.1 Å². The van der Waals surface area contributed by atoms with E-state index in [-0.39, 0.29) is 37.3 Å². The van der Waals surface area contributed by atoms with Crippen LogP contribution in [0.15, 0.2) is 60.2 Å². The van der Waals surface area contributed by atoms with E-state index in [4.69, 9.17) is 9.84 Å². The van der Waals surface area contributed by atoms with Gasteiger partial charge in [0.25, 0.3) is 0 Å². The normalized spacial score (nSPS) is 19.1. The topological polar surface area (TPSA) is 105 Å². The van der Waals surface area contributed by atoms with Crippen molar-refractivity contribution in [2.24, 2.45) is 11.8 Å². The van der Waals surface area contributed by atoms with Crippen LogP contribution in [0.4, 0.5) is 4.79 Å². The van der Waals surface area contributed by atoms with E-state index in [0.717, 1.165) is 30.4 Å². The Morgan fingerprint density at radius 2 is 1.60 bits per heavy atom. The summed E-state index contributed by atoms with van der Waals surface area (Å²) in [6.45, 7) is 2.68. The summed E-state index contributed by atoms with van der Waals surface area (Å²) < 4.78 is 5.51. The van der Waals surface area contributed by atoms with Crippen LogP contribution in [-0.2, 0) is 14.3 Å². The third-order valence-electron chi connectivity index (χ3n) is 7.02. The molecule has 2 amide bonds. The summed E-state index contributed by atoms with van der Waals surface area (Å²) in [5.74, 6) is -0.423. The number of aliphatic carboxylic acids is 1. The number of fused-ring (bicyclic) bond motifs is 3. The van der Waals surface area contributed by atoms with Crippen molar-refractivity contribution >= 4 is 18.0 Å². The molecule has 3 N–H and O–H groups in total. The molecule has 2 atom stereocenters. The van der Waals surface area contributed by atoms with Crippen molar-refractivity contribution in [3.8, 4) is 11.1 Å². The number of benzene rings is 2. The molecule has 0 aromatic heterocycles. The SMILES string of the molecule is C/C(=C\CNC(=O)OCC1c2ccccc2-c2ccccc21)C(=O)NCC1CCC(CC(=O)O)C1. The number of nitrogens with one attached hydrogen (secondary N) is 2. The summed E-state index contributed by atoms with van der Waals surface area (Å²) >= 11 is 0. The lowest BCUT2D eigenvalue weighted by Crippen LogP contribution is -2.30. The molecular formula is C28H32N2O5. The zero-order chi connectivity index (χ0) is 24.8. The lowest BCUT2D eigenvalue weighted by atomic mass is 9.98. The third kappa shape index (κ3) is 6.10. The highest BCUT2D eigenvalue weighted by molar-refractivity contribution is 5.92. The highest BCUT2D eigenvalue weighted by Gasteiger charge is 2.29. The third-order valence-corrected chi connectivity index (χ3v) is 7.02. The predicted octanol–water partition coefficient (Wildman–Crippen LogP) is 4.48. The van der Waals surface area contributed by atoms with Gasteiger partial charge in [-0.2, -0.15) is 0 Å². The van der Waals surface area contributed by atoms with E-state index >= 15 is 0 Å². The molecule has 0 heterocycles. The number of carbonyl (C=O) groups is 3. The molecule has 2 unspecified atom stereocenters. The van der Waals surface area contributed by atoms with Gasteiger partial charge in [-0.1, -0.05) is 54.6 Å². The first kappa shape index (κ1) is 24.5. The van der Waals surface area contributed by atoms with Crippen LogP contribution in [0.3, 0.4) is 0 Å². The van der Waals surface area contributed by atoms with Crippen molar-refractivity contribution in [1.29, 1.82) is 0 Å². The Kier molecular flexibility index (Phi) is 7.85. The monoisotopic (exact) mass is 476 g/mol. The van der Waals surface area contributed by atoms with Crippen LogP contribution in [0.5, 0.6) is 0 Å². The van der Waals surface area contributed by atoms with Gasteiger partial charge >= 0.3 is 12.1 Å². The molecule has 0 aliphatic heterocycles. The Bertz CT molecular complexity index is 1080. The molecule has 0 spiro atoms. The van der Waals surface area contributed by atoms with Crippen LogP contribution in [0.2, 0.25) is 0 Å². The Morgan fingerprint density at radius 3 is 2.26 bits per heavy atom. The molecular weight excluding hydrogens is 444 g/mol. The van der Waals surface area contributed by atoms with Crippen molar-refractivity contribution in [2.75, 3.05) is 19.7 Å². The first-order valence-electron chi connectivity index (χ1n) is 12.2. The van der Waals surface area contributed by atoms with Gasteiger partial charge in [0, 0.05) is 31.0 Å². The molecule has 2 aromatic carbocycles. The maximum atomic E-state index is 12.4. The molecule has 2 aliphatic rings. The standard InChI is InChI=1S/C28H32N2O5/c1-18(27(33)30-16-20-11-10-19(14-20)15-26(31)32)12-13-29-28(34)35-17-25-23-8-4-2-6-21(23)22-7-3-5-9-24(22)25/h2-9,12,19-20,25H,10-11,13-17H2,1H3,(H,29,34)(H,30,33)(H,31,32)/b18-12+. The van der Waals surface area contributed by atoms with E-state index in [1.807, 2.05) is 24.3 Å². The molecule has 184 valence electrons. The summed E-state index contributed by atoms with van der Waals surface area (Å²) in [4.78, 5) is 35.5. The second-order valence-corrected chi connectivity index (χ2v) is 9.45. The minimum atomic E-state index is -0.762. The Labute approximate surface area is 205 Å². The second-order valence-electron chi connectivity index (χ2n) is 9.45. The van der Waals surface area contributed by atoms with Gasteiger partial charge in [-0.3, -0.25) is 9.59 Å². The Balaban J connectivity index is 1.20. The van der Waals surface area contributed by atoms with Crippen molar-refractivity contribution in [1.82, 2.24) is 10.6 Å². The van der Waals surface area contributed by atoms with Crippen LogP contribution >= 0.6 is 0 Å². The van der Waals surface area contributed by atoms with Crippen molar-refractivity contribution in [3.05, 3.63) is 71.3 Å². The van der Waals surface area contributed by atoms with Gasteiger partial charge in [0.1, 0.15) is 6.61 Å². The Morgan fingerprint density at radius 1 is 0.971 bits per heavy atom. The molecule has 7 heteroatoms. The molecule has 1 saturated carbocycles. The van der Waals surface area contributed by atoms with E-state index in [1.165, 1.54) is 11.1 Å². The Hall–Kier alpha value is -3.61. The lowest BCUT2D eigenvalue weighted by molar-refractivity contribution is -0.138. The van der Waals surface area contributed by atoms with Gasteiger partial charge in [0.2, 0.25) is 5.91 Å². The van der Waals surface area contributed by atoms with Gasteiger partial charge in [0.05, 0.1) is 0 Å².